The SMILES string of the molecule is CCCCOC(=O)CN1C(=O)/C(=C/c2cc(OC)c(OC)c(OC)c2)SC1=S. The van der Waals surface area contributed by atoms with Crippen LogP contribution in [0.25, 0.3) is 6.08 Å². The predicted molar refractivity (Wildman–Crippen MR) is 112 cm³/mol. The minimum Gasteiger partial charge on any atom is -0.493 e. The van der Waals surface area contributed by atoms with E-state index in [1.807, 2.05) is 6.92 Å². The first-order chi connectivity index (χ1) is 13.4. The van der Waals surface area contributed by atoms with E-state index in [0.29, 0.717) is 38.6 Å². The number of carbonyl (C=O) groups excluding carboxylic acids is 2. The van der Waals surface area contributed by atoms with Crippen LogP contribution >= 0.6 is 24.0 Å². The fraction of sp³-hybridized carbons (Fsp3) is 0.421. The summed E-state index contributed by atoms with van der Waals surface area (Å²) in [6.45, 7) is 2.15. The van der Waals surface area contributed by atoms with Gasteiger partial charge in [0, 0.05) is 0 Å². The Kier molecular flexibility index (Phi) is 8.13. The molecule has 1 aliphatic rings. The zero-order chi connectivity index (χ0) is 20.7. The third-order valence-corrected chi connectivity index (χ3v) is 5.28. The number of hydrogen-bond acceptors (Lipinski definition) is 8. The van der Waals surface area contributed by atoms with Crippen LogP contribution in [0.5, 0.6) is 17.2 Å². The molecule has 0 atom stereocenters. The van der Waals surface area contributed by atoms with Gasteiger partial charge in [0.2, 0.25) is 5.75 Å². The van der Waals surface area contributed by atoms with Crippen LogP contribution in [0.1, 0.15) is 25.3 Å². The molecule has 2 rings (SSSR count). The Morgan fingerprint density at radius 2 is 1.82 bits per heavy atom. The van der Waals surface area contributed by atoms with E-state index in [-0.39, 0.29) is 12.5 Å². The maximum atomic E-state index is 12.7. The highest BCUT2D eigenvalue weighted by Gasteiger charge is 2.34. The third-order valence-electron chi connectivity index (χ3n) is 3.91. The zero-order valence-electron chi connectivity index (χ0n) is 16.3. The van der Waals surface area contributed by atoms with Gasteiger partial charge in [-0.2, -0.15) is 0 Å². The lowest BCUT2D eigenvalue weighted by atomic mass is 10.1. The predicted octanol–water partition coefficient (Wildman–Crippen LogP) is 3.26. The summed E-state index contributed by atoms with van der Waals surface area (Å²) in [7, 11) is 4.56. The average molecular weight is 426 g/mol. The van der Waals surface area contributed by atoms with Gasteiger partial charge in [0.15, 0.2) is 11.5 Å². The molecule has 1 fully saturated rings. The van der Waals surface area contributed by atoms with Crippen LogP contribution in [0.2, 0.25) is 0 Å². The summed E-state index contributed by atoms with van der Waals surface area (Å²) < 4.78 is 21.4. The van der Waals surface area contributed by atoms with Crippen molar-refractivity contribution in [1.29, 1.82) is 0 Å². The van der Waals surface area contributed by atoms with Crippen LogP contribution in [0.15, 0.2) is 17.0 Å². The number of carbonyl (C=O) groups is 2. The molecule has 0 unspecified atom stereocenters. The second-order valence-corrected chi connectivity index (χ2v) is 7.48. The summed E-state index contributed by atoms with van der Waals surface area (Å²) in [5.74, 6) is 0.602. The van der Waals surface area contributed by atoms with Gasteiger partial charge in [0.1, 0.15) is 10.9 Å². The van der Waals surface area contributed by atoms with Gasteiger partial charge in [0.05, 0.1) is 32.8 Å². The Morgan fingerprint density at radius 1 is 1.18 bits per heavy atom. The summed E-state index contributed by atoms with van der Waals surface area (Å²) in [5, 5.41) is 0. The zero-order valence-corrected chi connectivity index (χ0v) is 17.9. The van der Waals surface area contributed by atoms with Crippen LogP contribution in [-0.4, -0.2) is 55.6 Å². The molecule has 152 valence electrons. The number of methoxy groups -OCH3 is 3. The number of rotatable bonds is 9. The molecule has 7 nitrogen and oxygen atoms in total. The quantitative estimate of drug-likeness (QED) is 0.258. The first-order valence-electron chi connectivity index (χ1n) is 8.66. The van der Waals surface area contributed by atoms with E-state index in [1.165, 1.54) is 26.2 Å². The van der Waals surface area contributed by atoms with E-state index in [9.17, 15) is 9.59 Å². The molecule has 0 bridgehead atoms. The maximum absolute atomic E-state index is 12.7. The van der Waals surface area contributed by atoms with Crippen LogP contribution < -0.4 is 14.2 Å². The molecule has 0 saturated carbocycles. The second-order valence-electron chi connectivity index (χ2n) is 5.80. The highest BCUT2D eigenvalue weighted by molar-refractivity contribution is 8.26. The third kappa shape index (κ3) is 5.17. The van der Waals surface area contributed by atoms with Crippen molar-refractivity contribution in [2.24, 2.45) is 0 Å². The van der Waals surface area contributed by atoms with Crippen LogP contribution in [-0.2, 0) is 14.3 Å². The number of benzene rings is 1. The monoisotopic (exact) mass is 425 g/mol. The van der Waals surface area contributed by atoms with Gasteiger partial charge >= 0.3 is 5.97 Å². The fourth-order valence-electron chi connectivity index (χ4n) is 2.48. The van der Waals surface area contributed by atoms with Gasteiger partial charge in [0.25, 0.3) is 5.91 Å². The lowest BCUT2D eigenvalue weighted by Gasteiger charge is -2.14. The lowest BCUT2D eigenvalue weighted by Crippen LogP contribution is -2.34. The molecule has 0 aliphatic carbocycles. The standard InChI is InChI=1S/C19H23NO6S2/c1-5-6-7-26-16(21)11-20-18(22)15(28-19(20)27)10-12-8-13(23-2)17(25-4)14(9-12)24-3/h8-10H,5-7,11H2,1-4H3/b15-10-. The van der Waals surface area contributed by atoms with Crippen molar-refractivity contribution in [2.45, 2.75) is 19.8 Å². The summed E-state index contributed by atoms with van der Waals surface area (Å²) in [6, 6.07) is 3.46. The smallest absolute Gasteiger partial charge is 0.326 e. The van der Waals surface area contributed by atoms with E-state index in [0.717, 1.165) is 24.6 Å². The van der Waals surface area contributed by atoms with Gasteiger partial charge in [-0.25, -0.2) is 0 Å². The molecule has 1 amide bonds. The van der Waals surface area contributed by atoms with Gasteiger partial charge < -0.3 is 18.9 Å². The number of unbranched alkanes of at least 4 members (excludes halogenated alkanes) is 1. The summed E-state index contributed by atoms with van der Waals surface area (Å²) in [6.07, 6.45) is 3.38. The molecule has 0 radical (unpaired) electrons. The first kappa shape index (κ1) is 22.0. The van der Waals surface area contributed by atoms with Gasteiger partial charge in [-0.05, 0) is 30.2 Å². The van der Waals surface area contributed by atoms with Crippen LogP contribution in [0.3, 0.4) is 0 Å². The molecule has 1 heterocycles. The van der Waals surface area contributed by atoms with Crippen molar-refractivity contribution in [3.63, 3.8) is 0 Å². The van der Waals surface area contributed by atoms with Crippen LogP contribution in [0, 0.1) is 0 Å². The minimum atomic E-state index is -0.473. The topological polar surface area (TPSA) is 74.3 Å². The van der Waals surface area contributed by atoms with E-state index in [1.54, 1.807) is 18.2 Å². The maximum Gasteiger partial charge on any atom is 0.326 e. The number of thioether (sulfide) groups is 1. The van der Waals surface area contributed by atoms with Crippen molar-refractivity contribution in [1.82, 2.24) is 4.90 Å². The fourth-order valence-corrected chi connectivity index (χ4v) is 3.73. The molecule has 0 spiro atoms. The van der Waals surface area contributed by atoms with E-state index >= 15 is 0 Å². The Hall–Kier alpha value is -2.26. The lowest BCUT2D eigenvalue weighted by molar-refractivity contribution is -0.146. The van der Waals surface area contributed by atoms with Crippen molar-refractivity contribution >= 4 is 46.3 Å². The van der Waals surface area contributed by atoms with Crippen molar-refractivity contribution in [3.8, 4) is 17.2 Å². The molecule has 1 aromatic carbocycles. The number of thiocarbonyl (C=S) groups is 1. The summed E-state index contributed by atoms with van der Waals surface area (Å²) in [5.41, 5.74) is 0.681. The molecule has 9 heteroatoms. The van der Waals surface area contributed by atoms with E-state index < -0.39 is 5.97 Å². The normalized spacial score (nSPS) is 15.1. The van der Waals surface area contributed by atoms with Crippen LogP contribution in [0.4, 0.5) is 0 Å². The molecule has 28 heavy (non-hydrogen) atoms. The molecule has 1 aliphatic heterocycles. The molecular formula is C19H23NO6S2. The van der Waals surface area contributed by atoms with E-state index in [2.05, 4.69) is 0 Å². The molecule has 0 aromatic heterocycles. The minimum absolute atomic E-state index is 0.193. The summed E-state index contributed by atoms with van der Waals surface area (Å²) in [4.78, 5) is 26.2. The van der Waals surface area contributed by atoms with Gasteiger partial charge in [-0.15, -0.1) is 0 Å². The Bertz CT molecular complexity index is 768. The number of amides is 1. The molecule has 1 saturated heterocycles. The first-order valence-corrected chi connectivity index (χ1v) is 9.88. The van der Waals surface area contributed by atoms with E-state index in [4.69, 9.17) is 31.2 Å². The number of nitrogens with zero attached hydrogens (tertiary/aromatic N) is 1. The Morgan fingerprint density at radius 3 is 2.36 bits per heavy atom. The highest BCUT2D eigenvalue weighted by atomic mass is 32.2. The Labute approximate surface area is 173 Å². The van der Waals surface area contributed by atoms with Crippen molar-refractivity contribution < 1.29 is 28.5 Å². The molecule has 0 N–H and O–H groups in total. The van der Waals surface area contributed by atoms with Crippen molar-refractivity contribution in [2.75, 3.05) is 34.5 Å². The Balaban J connectivity index is 2.20. The summed E-state index contributed by atoms with van der Waals surface area (Å²) >= 11 is 6.38. The number of hydrogen-bond donors (Lipinski definition) is 0. The second kappa shape index (κ2) is 10.3. The average Bonchev–Trinajstić information content (AvgIpc) is 2.94. The molecule has 1 aromatic rings. The number of ether oxygens (including phenoxy) is 4. The number of esters is 1. The van der Waals surface area contributed by atoms with Gasteiger partial charge in [-0.1, -0.05) is 37.3 Å². The molecular weight excluding hydrogens is 402 g/mol. The largest absolute Gasteiger partial charge is 0.493 e. The van der Waals surface area contributed by atoms with Gasteiger partial charge in [-0.3, -0.25) is 14.5 Å². The highest BCUT2D eigenvalue weighted by Crippen LogP contribution is 2.40. The van der Waals surface area contributed by atoms with Crippen molar-refractivity contribution in [3.05, 3.63) is 22.6 Å².